The second-order valence-electron chi connectivity index (χ2n) is 4.28. The fraction of sp³-hybridized carbons (Fsp3) is 0.462. The van der Waals surface area contributed by atoms with Crippen molar-refractivity contribution in [3.8, 4) is 0 Å². The second kappa shape index (κ2) is 6.96. The number of rotatable bonds is 7. The molecule has 2 rings (SSSR count). The van der Waals surface area contributed by atoms with E-state index >= 15 is 0 Å². The molecule has 1 atom stereocenters. The molecule has 0 bridgehead atoms. The van der Waals surface area contributed by atoms with Crippen LogP contribution in [-0.4, -0.2) is 33.9 Å². The summed E-state index contributed by atoms with van der Waals surface area (Å²) in [5, 5.41) is 11.9. The largest absolute Gasteiger partial charge is 0.369 e. The number of unbranched alkanes of at least 4 members (excludes halogenated alkanes) is 1. The van der Waals surface area contributed by atoms with Gasteiger partial charge in [-0.25, -0.2) is 4.68 Å². The highest BCUT2D eigenvalue weighted by Crippen LogP contribution is 2.22. The van der Waals surface area contributed by atoms with Crippen molar-refractivity contribution in [1.29, 1.82) is 0 Å². The number of methoxy groups -OCH3 is 1. The first kappa shape index (κ1) is 13.6. The molecule has 0 fully saturated rings. The average molecular weight is 261 g/mol. The smallest absolute Gasteiger partial charge is 0.184 e. The van der Waals surface area contributed by atoms with Crippen LogP contribution in [0.2, 0.25) is 0 Å². The number of aryl methyl sites for hydroxylation is 1. The van der Waals surface area contributed by atoms with E-state index in [0.717, 1.165) is 30.8 Å². The molecule has 2 aromatic rings. The summed E-state index contributed by atoms with van der Waals surface area (Å²) in [4.78, 5) is 0. The summed E-state index contributed by atoms with van der Waals surface area (Å²) >= 11 is 0. The molecule has 102 valence electrons. The lowest BCUT2D eigenvalue weighted by atomic mass is 10.1. The van der Waals surface area contributed by atoms with Crippen LogP contribution in [0.15, 0.2) is 30.3 Å². The molecule has 0 saturated heterocycles. The number of benzene rings is 1. The van der Waals surface area contributed by atoms with Gasteiger partial charge in [0.2, 0.25) is 0 Å². The Labute approximate surface area is 112 Å². The van der Waals surface area contributed by atoms with Crippen molar-refractivity contribution < 1.29 is 4.74 Å². The summed E-state index contributed by atoms with van der Waals surface area (Å²) < 4.78 is 7.33. The first-order valence-corrected chi connectivity index (χ1v) is 6.40. The topological polar surface area (TPSA) is 78.9 Å². The molecule has 0 aliphatic rings. The maximum Gasteiger partial charge on any atom is 0.184 e. The minimum atomic E-state index is -0.242. The highest BCUT2D eigenvalue weighted by atomic mass is 16.5. The van der Waals surface area contributed by atoms with E-state index in [-0.39, 0.29) is 6.10 Å². The summed E-state index contributed by atoms with van der Waals surface area (Å²) in [6.07, 6.45) is 1.68. The fourth-order valence-electron chi connectivity index (χ4n) is 1.98. The molecule has 1 unspecified atom stereocenters. The van der Waals surface area contributed by atoms with E-state index < -0.39 is 0 Å². The molecule has 19 heavy (non-hydrogen) atoms. The Morgan fingerprint density at radius 1 is 1.26 bits per heavy atom. The molecule has 1 heterocycles. The Morgan fingerprint density at radius 3 is 2.74 bits per heavy atom. The van der Waals surface area contributed by atoms with Gasteiger partial charge in [-0.3, -0.25) is 0 Å². The lowest BCUT2D eigenvalue weighted by molar-refractivity contribution is 0.124. The van der Waals surface area contributed by atoms with Gasteiger partial charge >= 0.3 is 0 Å². The molecule has 0 amide bonds. The SMILES string of the molecule is COC(c1ccccc1)c1nnnn1CCCCN. The molecule has 0 saturated carbocycles. The summed E-state index contributed by atoms with van der Waals surface area (Å²) in [7, 11) is 1.66. The molecule has 2 N–H and O–H groups in total. The van der Waals surface area contributed by atoms with Crippen LogP contribution in [0.25, 0.3) is 0 Å². The Bertz CT molecular complexity index is 485. The zero-order chi connectivity index (χ0) is 13.5. The van der Waals surface area contributed by atoms with Gasteiger partial charge in [0.05, 0.1) is 0 Å². The molecule has 0 aliphatic heterocycles. The third kappa shape index (κ3) is 3.36. The van der Waals surface area contributed by atoms with Gasteiger partial charge in [-0.15, -0.1) is 5.10 Å². The van der Waals surface area contributed by atoms with E-state index in [1.165, 1.54) is 0 Å². The predicted octanol–water partition coefficient (Wildman–Crippen LogP) is 1.15. The van der Waals surface area contributed by atoms with E-state index in [9.17, 15) is 0 Å². The molecule has 6 nitrogen and oxygen atoms in total. The molecule has 0 aliphatic carbocycles. The summed E-state index contributed by atoms with van der Waals surface area (Å²) in [5.41, 5.74) is 6.54. The molecule has 1 aromatic heterocycles. The van der Waals surface area contributed by atoms with Crippen LogP contribution >= 0.6 is 0 Å². The van der Waals surface area contributed by atoms with Crippen LogP contribution in [0, 0.1) is 0 Å². The van der Waals surface area contributed by atoms with Crippen LogP contribution in [-0.2, 0) is 11.3 Å². The van der Waals surface area contributed by atoms with Gasteiger partial charge in [0.15, 0.2) is 5.82 Å². The molecule has 0 radical (unpaired) electrons. The third-order valence-electron chi connectivity index (χ3n) is 2.96. The van der Waals surface area contributed by atoms with E-state index in [0.29, 0.717) is 6.54 Å². The van der Waals surface area contributed by atoms with Crippen molar-refractivity contribution in [3.63, 3.8) is 0 Å². The average Bonchev–Trinajstić information content (AvgIpc) is 2.90. The fourth-order valence-corrected chi connectivity index (χ4v) is 1.98. The second-order valence-corrected chi connectivity index (χ2v) is 4.28. The monoisotopic (exact) mass is 261 g/mol. The molecular formula is C13H19N5O. The van der Waals surface area contributed by atoms with Crippen molar-refractivity contribution >= 4 is 0 Å². The van der Waals surface area contributed by atoms with Gasteiger partial charge in [0.1, 0.15) is 6.10 Å². The van der Waals surface area contributed by atoms with E-state index in [1.54, 1.807) is 11.8 Å². The van der Waals surface area contributed by atoms with Gasteiger partial charge < -0.3 is 10.5 Å². The van der Waals surface area contributed by atoms with Crippen LogP contribution in [0.3, 0.4) is 0 Å². The number of nitrogens with zero attached hydrogens (tertiary/aromatic N) is 4. The van der Waals surface area contributed by atoms with E-state index in [2.05, 4.69) is 15.5 Å². The van der Waals surface area contributed by atoms with Crippen molar-refractivity contribution in [1.82, 2.24) is 20.2 Å². The Morgan fingerprint density at radius 2 is 2.05 bits per heavy atom. The maximum absolute atomic E-state index is 5.54. The third-order valence-corrected chi connectivity index (χ3v) is 2.96. The van der Waals surface area contributed by atoms with Gasteiger partial charge in [-0.05, 0) is 35.4 Å². The van der Waals surface area contributed by atoms with E-state index in [1.807, 2.05) is 30.3 Å². The van der Waals surface area contributed by atoms with E-state index in [4.69, 9.17) is 10.5 Å². The number of hydrogen-bond donors (Lipinski definition) is 1. The van der Waals surface area contributed by atoms with Gasteiger partial charge in [0.25, 0.3) is 0 Å². The quantitative estimate of drug-likeness (QED) is 0.756. The highest BCUT2D eigenvalue weighted by Gasteiger charge is 2.20. The summed E-state index contributed by atoms with van der Waals surface area (Å²) in [6.45, 7) is 1.44. The Balaban J connectivity index is 2.17. The van der Waals surface area contributed by atoms with Crippen molar-refractivity contribution in [2.45, 2.75) is 25.5 Å². The Hall–Kier alpha value is -1.79. The summed E-state index contributed by atoms with van der Waals surface area (Å²) in [5.74, 6) is 0.728. The molecule has 0 spiro atoms. The minimum Gasteiger partial charge on any atom is -0.369 e. The maximum atomic E-state index is 5.54. The Kier molecular flexibility index (Phi) is 5.00. The van der Waals surface area contributed by atoms with Gasteiger partial charge in [0, 0.05) is 13.7 Å². The van der Waals surface area contributed by atoms with Crippen LogP contribution in [0.5, 0.6) is 0 Å². The van der Waals surface area contributed by atoms with Crippen LogP contribution in [0.4, 0.5) is 0 Å². The summed E-state index contributed by atoms with van der Waals surface area (Å²) in [6, 6.07) is 9.94. The highest BCUT2D eigenvalue weighted by molar-refractivity contribution is 5.22. The molecular weight excluding hydrogens is 242 g/mol. The van der Waals surface area contributed by atoms with Crippen LogP contribution < -0.4 is 5.73 Å². The number of nitrogens with two attached hydrogens (primary N) is 1. The van der Waals surface area contributed by atoms with Gasteiger partial charge in [-0.1, -0.05) is 30.3 Å². The minimum absolute atomic E-state index is 0.242. The van der Waals surface area contributed by atoms with Crippen molar-refractivity contribution in [2.24, 2.45) is 5.73 Å². The lowest BCUT2D eigenvalue weighted by Crippen LogP contribution is -2.14. The molecule has 6 heteroatoms. The van der Waals surface area contributed by atoms with Crippen molar-refractivity contribution in [2.75, 3.05) is 13.7 Å². The predicted molar refractivity (Wildman–Crippen MR) is 71.4 cm³/mol. The first-order chi connectivity index (χ1) is 9.36. The lowest BCUT2D eigenvalue weighted by Gasteiger charge is -2.15. The van der Waals surface area contributed by atoms with Crippen molar-refractivity contribution in [3.05, 3.63) is 41.7 Å². The van der Waals surface area contributed by atoms with Gasteiger partial charge in [-0.2, -0.15) is 0 Å². The zero-order valence-electron chi connectivity index (χ0n) is 11.1. The molecule has 1 aromatic carbocycles. The zero-order valence-corrected chi connectivity index (χ0v) is 11.1. The number of ether oxygens (including phenoxy) is 1. The van der Waals surface area contributed by atoms with Crippen LogP contribution in [0.1, 0.15) is 30.3 Å². The normalized spacial score (nSPS) is 12.5. The number of tetrazole rings is 1. The first-order valence-electron chi connectivity index (χ1n) is 6.40. The number of hydrogen-bond acceptors (Lipinski definition) is 5. The number of aromatic nitrogens is 4. The standard InChI is InChI=1S/C13H19N5O/c1-19-12(11-7-3-2-4-8-11)13-15-16-17-18(13)10-6-5-9-14/h2-4,7-8,12H,5-6,9-10,14H2,1H3.